The van der Waals surface area contributed by atoms with Crippen molar-refractivity contribution in [2.45, 2.75) is 0 Å². The molecule has 0 atom stereocenters. The molecule has 0 fully saturated rings. The van der Waals surface area contributed by atoms with Crippen LogP contribution in [-0.4, -0.2) is 25.2 Å². The molecule has 30 heavy (non-hydrogen) atoms. The molecule has 8 heteroatoms. The third-order valence-electron chi connectivity index (χ3n) is 4.02. The van der Waals surface area contributed by atoms with Crippen molar-refractivity contribution in [1.29, 1.82) is 0 Å². The third-order valence-corrected chi connectivity index (χ3v) is 4.02. The molecule has 7 nitrogen and oxygen atoms in total. The van der Waals surface area contributed by atoms with Gasteiger partial charge in [-0.2, -0.15) is 5.10 Å². The molecule has 0 spiro atoms. The van der Waals surface area contributed by atoms with Gasteiger partial charge in [-0.05, 0) is 72.3 Å². The highest BCUT2D eigenvalue weighted by Crippen LogP contribution is 2.28. The predicted octanol–water partition coefficient (Wildman–Crippen LogP) is 3.40. The number of methoxy groups -OCH3 is 1. The minimum atomic E-state index is -0.648. The average molecular weight is 407 g/mol. The molecule has 1 amide bonds. The van der Waals surface area contributed by atoms with E-state index >= 15 is 0 Å². The minimum absolute atomic E-state index is 0.190. The van der Waals surface area contributed by atoms with Crippen molar-refractivity contribution in [3.63, 3.8) is 0 Å². The number of hydrazone groups is 1. The highest BCUT2D eigenvalue weighted by atomic mass is 19.1. The second kappa shape index (κ2) is 9.33. The van der Waals surface area contributed by atoms with Crippen LogP contribution in [0.4, 0.5) is 10.1 Å². The van der Waals surface area contributed by atoms with E-state index in [2.05, 4.69) is 10.5 Å². The number of esters is 1. The van der Waals surface area contributed by atoms with E-state index in [1.807, 2.05) is 0 Å². The van der Waals surface area contributed by atoms with Gasteiger partial charge in [-0.1, -0.05) is 0 Å². The van der Waals surface area contributed by atoms with Gasteiger partial charge in [-0.25, -0.2) is 14.6 Å². The lowest BCUT2D eigenvalue weighted by Crippen LogP contribution is -2.17. The van der Waals surface area contributed by atoms with Crippen LogP contribution in [0.5, 0.6) is 11.5 Å². The van der Waals surface area contributed by atoms with Crippen molar-refractivity contribution in [1.82, 2.24) is 5.43 Å². The van der Waals surface area contributed by atoms with Crippen molar-refractivity contribution < 1.29 is 23.5 Å². The first kappa shape index (κ1) is 20.5. The summed E-state index contributed by atoms with van der Waals surface area (Å²) in [4.78, 5) is 24.2. The number of halogens is 1. The molecule has 0 bridgehead atoms. The van der Waals surface area contributed by atoms with Crippen LogP contribution < -0.4 is 20.6 Å². The summed E-state index contributed by atoms with van der Waals surface area (Å²) in [6.45, 7) is 0. The summed E-state index contributed by atoms with van der Waals surface area (Å²) in [6.07, 6.45) is 1.42. The maximum absolute atomic E-state index is 13.0. The van der Waals surface area contributed by atoms with Gasteiger partial charge in [0.15, 0.2) is 11.5 Å². The monoisotopic (exact) mass is 407 g/mol. The molecular weight excluding hydrogens is 389 g/mol. The van der Waals surface area contributed by atoms with E-state index in [-0.39, 0.29) is 17.2 Å². The molecule has 3 rings (SSSR count). The second-order valence-electron chi connectivity index (χ2n) is 6.13. The van der Waals surface area contributed by atoms with Gasteiger partial charge < -0.3 is 15.2 Å². The van der Waals surface area contributed by atoms with Crippen LogP contribution in [0.2, 0.25) is 0 Å². The Labute approximate surface area is 171 Å². The number of nitrogens with two attached hydrogens (primary N) is 1. The van der Waals surface area contributed by atoms with E-state index in [1.54, 1.807) is 36.4 Å². The quantitative estimate of drug-likeness (QED) is 0.214. The van der Waals surface area contributed by atoms with Gasteiger partial charge in [-0.3, -0.25) is 4.79 Å². The Morgan fingerprint density at radius 2 is 1.63 bits per heavy atom. The average Bonchev–Trinajstić information content (AvgIpc) is 2.75. The van der Waals surface area contributed by atoms with Crippen molar-refractivity contribution >= 4 is 23.8 Å². The lowest BCUT2D eigenvalue weighted by molar-refractivity contribution is 0.0729. The molecular formula is C22H18FN3O4. The van der Waals surface area contributed by atoms with E-state index in [9.17, 15) is 14.0 Å². The van der Waals surface area contributed by atoms with Gasteiger partial charge in [0.1, 0.15) is 5.82 Å². The SMILES string of the molecule is COc1cc(/C=N\NC(=O)c2ccc(N)cc2)ccc1OC(=O)c1ccc(F)cc1. The third kappa shape index (κ3) is 5.20. The van der Waals surface area contributed by atoms with E-state index in [4.69, 9.17) is 15.2 Å². The Bertz CT molecular complexity index is 1080. The number of nitrogens with one attached hydrogen (secondary N) is 1. The molecule has 152 valence electrons. The molecule has 0 unspecified atom stereocenters. The first-order chi connectivity index (χ1) is 14.5. The Morgan fingerprint density at radius 3 is 2.30 bits per heavy atom. The van der Waals surface area contributed by atoms with Crippen molar-refractivity contribution in [2.75, 3.05) is 12.8 Å². The van der Waals surface area contributed by atoms with Crippen LogP contribution in [0.1, 0.15) is 26.3 Å². The molecule has 0 aliphatic heterocycles. The van der Waals surface area contributed by atoms with Crippen molar-refractivity contribution in [3.8, 4) is 11.5 Å². The zero-order valence-corrected chi connectivity index (χ0v) is 16.0. The highest BCUT2D eigenvalue weighted by molar-refractivity contribution is 5.95. The lowest BCUT2D eigenvalue weighted by Gasteiger charge is -2.10. The van der Waals surface area contributed by atoms with Crippen LogP contribution in [0.15, 0.2) is 71.8 Å². The highest BCUT2D eigenvalue weighted by Gasteiger charge is 2.13. The van der Waals surface area contributed by atoms with Gasteiger partial charge in [0.25, 0.3) is 5.91 Å². The summed E-state index contributed by atoms with van der Waals surface area (Å²) >= 11 is 0. The number of carbonyl (C=O) groups is 2. The zero-order valence-electron chi connectivity index (χ0n) is 16.0. The van der Waals surface area contributed by atoms with E-state index in [1.165, 1.54) is 43.7 Å². The maximum atomic E-state index is 13.0. The molecule has 0 aliphatic carbocycles. The van der Waals surface area contributed by atoms with E-state index in [0.29, 0.717) is 22.6 Å². The number of hydrogen-bond donors (Lipinski definition) is 2. The number of benzene rings is 3. The first-order valence-corrected chi connectivity index (χ1v) is 8.81. The van der Waals surface area contributed by atoms with Gasteiger partial charge in [0.05, 0.1) is 18.9 Å². The number of nitrogens with zero attached hydrogens (tertiary/aromatic N) is 1. The fourth-order valence-electron chi connectivity index (χ4n) is 2.46. The second-order valence-corrected chi connectivity index (χ2v) is 6.13. The van der Waals surface area contributed by atoms with E-state index < -0.39 is 11.8 Å². The van der Waals surface area contributed by atoms with E-state index in [0.717, 1.165) is 0 Å². The number of anilines is 1. The normalized spacial score (nSPS) is 10.6. The maximum Gasteiger partial charge on any atom is 0.343 e. The number of nitrogen functional groups attached to an aromatic ring is 1. The topological polar surface area (TPSA) is 103 Å². The summed E-state index contributed by atoms with van der Waals surface area (Å²) in [7, 11) is 1.42. The molecule has 0 aliphatic rings. The molecule has 3 N–H and O–H groups in total. The van der Waals surface area contributed by atoms with Crippen LogP contribution in [-0.2, 0) is 0 Å². The molecule has 0 aromatic heterocycles. The van der Waals surface area contributed by atoms with Crippen LogP contribution in [0, 0.1) is 5.82 Å². The summed E-state index contributed by atoms with van der Waals surface area (Å²) < 4.78 is 23.6. The predicted molar refractivity (Wildman–Crippen MR) is 110 cm³/mol. The minimum Gasteiger partial charge on any atom is -0.493 e. The summed E-state index contributed by atoms with van der Waals surface area (Å²) in [5, 5.41) is 3.91. The number of amides is 1. The van der Waals surface area contributed by atoms with Crippen molar-refractivity contribution in [2.24, 2.45) is 5.10 Å². The van der Waals surface area contributed by atoms with Crippen LogP contribution in [0.3, 0.4) is 0 Å². The van der Waals surface area contributed by atoms with Gasteiger partial charge in [0.2, 0.25) is 0 Å². The first-order valence-electron chi connectivity index (χ1n) is 8.81. The van der Waals surface area contributed by atoms with Crippen molar-refractivity contribution in [3.05, 3.63) is 89.2 Å². The Morgan fingerprint density at radius 1 is 0.967 bits per heavy atom. The Hall–Kier alpha value is -4.20. The van der Waals surface area contributed by atoms with Gasteiger partial charge >= 0.3 is 5.97 Å². The van der Waals surface area contributed by atoms with Crippen LogP contribution >= 0.6 is 0 Å². The summed E-state index contributed by atoms with van der Waals surface area (Å²) in [5.41, 5.74) is 9.78. The summed E-state index contributed by atoms with van der Waals surface area (Å²) in [6, 6.07) is 16.2. The van der Waals surface area contributed by atoms with Gasteiger partial charge in [0, 0.05) is 11.3 Å². The summed E-state index contributed by atoms with van der Waals surface area (Å²) in [5.74, 6) is -1.00. The van der Waals surface area contributed by atoms with Crippen LogP contribution in [0.25, 0.3) is 0 Å². The molecule has 0 radical (unpaired) electrons. The van der Waals surface area contributed by atoms with Gasteiger partial charge in [-0.15, -0.1) is 0 Å². The fourth-order valence-corrected chi connectivity index (χ4v) is 2.46. The molecule has 3 aromatic rings. The standard InChI is InChI=1S/C22H18FN3O4/c1-29-20-12-14(13-25-26-21(27)15-5-9-18(24)10-6-15)2-11-19(20)30-22(28)16-3-7-17(23)8-4-16/h2-13H,24H2,1H3,(H,26,27)/b25-13-. The fraction of sp³-hybridized carbons (Fsp3) is 0.0455. The molecule has 0 heterocycles. The molecule has 0 saturated heterocycles. The smallest absolute Gasteiger partial charge is 0.343 e. The lowest BCUT2D eigenvalue weighted by atomic mass is 10.2. The molecule has 0 saturated carbocycles. The Balaban J connectivity index is 1.66. The largest absolute Gasteiger partial charge is 0.493 e. The number of hydrogen-bond acceptors (Lipinski definition) is 6. The number of carbonyl (C=O) groups excluding carboxylic acids is 2. The number of ether oxygens (including phenoxy) is 2. The molecule has 3 aromatic carbocycles. The Kier molecular flexibility index (Phi) is 6.39. The number of rotatable bonds is 6. The zero-order chi connectivity index (χ0) is 21.5.